The van der Waals surface area contributed by atoms with Crippen LogP contribution in [-0.4, -0.2) is 24.7 Å². The van der Waals surface area contributed by atoms with E-state index in [1.54, 1.807) is 24.5 Å². The fraction of sp³-hybridized carbons (Fsp3) is 0.250. The third-order valence-corrected chi connectivity index (χ3v) is 7.20. The molecule has 0 aliphatic carbocycles. The number of hydrogen-bond acceptors (Lipinski definition) is 4. The van der Waals surface area contributed by atoms with E-state index in [-0.39, 0.29) is 5.25 Å². The Morgan fingerprint density at radius 2 is 2.04 bits per heavy atom. The highest BCUT2D eigenvalue weighted by atomic mass is 32.2. The first-order valence-electron chi connectivity index (χ1n) is 8.99. The van der Waals surface area contributed by atoms with Crippen molar-refractivity contribution in [2.45, 2.75) is 19.1 Å². The van der Waals surface area contributed by atoms with Crippen molar-refractivity contribution in [2.75, 3.05) is 19.5 Å². The summed E-state index contributed by atoms with van der Waals surface area (Å²) in [4.78, 5) is 1.06. The predicted octanol–water partition coefficient (Wildman–Crippen LogP) is 6.95. The van der Waals surface area contributed by atoms with E-state index in [2.05, 4.69) is 57.7 Å². The summed E-state index contributed by atoms with van der Waals surface area (Å²) < 4.78 is 11.3. The lowest BCUT2D eigenvalue weighted by molar-refractivity contribution is 0.240. The highest BCUT2D eigenvalue weighted by molar-refractivity contribution is 8.00. The van der Waals surface area contributed by atoms with Crippen molar-refractivity contribution in [3.8, 4) is 0 Å². The van der Waals surface area contributed by atoms with E-state index >= 15 is 0 Å². The maximum atomic E-state index is 6.02. The first-order chi connectivity index (χ1) is 13.4. The smallest absolute Gasteiger partial charge is 0.129 e. The second-order valence-electron chi connectivity index (χ2n) is 6.44. The Bertz CT molecular complexity index is 865. The van der Waals surface area contributed by atoms with Gasteiger partial charge in [-0.1, -0.05) is 50.6 Å². The van der Waals surface area contributed by atoms with Crippen molar-refractivity contribution in [1.82, 2.24) is 0 Å². The summed E-state index contributed by atoms with van der Waals surface area (Å²) in [6.45, 7) is 20.4. The van der Waals surface area contributed by atoms with Crippen LogP contribution in [0.5, 0.6) is 0 Å². The highest BCUT2D eigenvalue weighted by Gasteiger charge is 2.25. The number of rotatable bonds is 10. The van der Waals surface area contributed by atoms with Gasteiger partial charge < -0.3 is 9.47 Å². The van der Waals surface area contributed by atoms with Gasteiger partial charge in [-0.25, -0.2) is 0 Å². The molecule has 0 amide bonds. The van der Waals surface area contributed by atoms with Gasteiger partial charge >= 0.3 is 0 Å². The molecule has 0 fully saturated rings. The Labute approximate surface area is 177 Å². The summed E-state index contributed by atoms with van der Waals surface area (Å²) in [5.41, 5.74) is 5.91. The molecule has 0 saturated carbocycles. The molecule has 2 rings (SSSR count). The molecule has 0 spiro atoms. The minimum absolute atomic E-state index is 0.190. The molecule has 1 unspecified atom stereocenters. The second-order valence-corrected chi connectivity index (χ2v) is 8.42. The van der Waals surface area contributed by atoms with Crippen LogP contribution in [0.25, 0.3) is 11.8 Å². The van der Waals surface area contributed by atoms with Crippen LogP contribution in [0.1, 0.15) is 22.9 Å². The summed E-state index contributed by atoms with van der Waals surface area (Å²) >= 11 is 3.47. The SMILES string of the molecule is C=C/C=C\C1=C(C)C(C(=C)OC/C(C=C)=C/c2csc(C(=C)OC)c2C)SC1. The number of methoxy groups -OCH3 is 1. The molecule has 28 heavy (non-hydrogen) atoms. The van der Waals surface area contributed by atoms with Crippen molar-refractivity contribution in [3.63, 3.8) is 0 Å². The van der Waals surface area contributed by atoms with Gasteiger partial charge in [0, 0.05) is 5.75 Å². The van der Waals surface area contributed by atoms with E-state index in [0.29, 0.717) is 12.4 Å². The maximum Gasteiger partial charge on any atom is 0.129 e. The van der Waals surface area contributed by atoms with Crippen LogP contribution < -0.4 is 0 Å². The lowest BCUT2D eigenvalue weighted by Crippen LogP contribution is -2.09. The van der Waals surface area contributed by atoms with Gasteiger partial charge in [0.25, 0.3) is 0 Å². The van der Waals surface area contributed by atoms with Crippen LogP contribution in [-0.2, 0) is 9.47 Å². The van der Waals surface area contributed by atoms with Gasteiger partial charge in [0.2, 0.25) is 0 Å². The summed E-state index contributed by atoms with van der Waals surface area (Å²) in [6.07, 6.45) is 9.81. The molecular formula is C24H28O2S2. The molecule has 0 radical (unpaired) electrons. The van der Waals surface area contributed by atoms with Crippen molar-refractivity contribution < 1.29 is 9.47 Å². The van der Waals surface area contributed by atoms with E-state index in [9.17, 15) is 0 Å². The fourth-order valence-corrected chi connectivity index (χ4v) is 5.15. The lowest BCUT2D eigenvalue weighted by Gasteiger charge is -2.16. The fourth-order valence-electron chi connectivity index (χ4n) is 2.83. The maximum absolute atomic E-state index is 6.02. The molecule has 1 aliphatic heterocycles. The van der Waals surface area contributed by atoms with Gasteiger partial charge in [0.15, 0.2) is 0 Å². The molecule has 2 nitrogen and oxygen atoms in total. The number of allylic oxidation sites excluding steroid dienone is 3. The molecule has 1 aromatic heterocycles. The molecule has 0 aromatic carbocycles. The average molecular weight is 413 g/mol. The summed E-state index contributed by atoms with van der Waals surface area (Å²) in [7, 11) is 1.64. The van der Waals surface area contributed by atoms with Crippen molar-refractivity contribution in [3.05, 3.63) is 94.5 Å². The Hall–Kier alpha value is -2.17. The van der Waals surface area contributed by atoms with E-state index in [0.717, 1.165) is 33.1 Å². The zero-order valence-corrected chi connectivity index (χ0v) is 18.6. The molecule has 1 atom stereocenters. The Balaban J connectivity index is 2.06. The average Bonchev–Trinajstić information content (AvgIpc) is 3.25. The van der Waals surface area contributed by atoms with Gasteiger partial charge in [0.05, 0.1) is 17.2 Å². The number of hydrogen-bond donors (Lipinski definition) is 0. The Morgan fingerprint density at radius 3 is 2.68 bits per heavy atom. The van der Waals surface area contributed by atoms with Gasteiger partial charge in [0.1, 0.15) is 18.1 Å². The Kier molecular flexibility index (Phi) is 8.21. The molecule has 2 heterocycles. The van der Waals surface area contributed by atoms with Crippen molar-refractivity contribution in [1.29, 1.82) is 0 Å². The number of thioether (sulfide) groups is 1. The highest BCUT2D eigenvalue weighted by Crippen LogP contribution is 2.37. The predicted molar refractivity (Wildman–Crippen MR) is 127 cm³/mol. The van der Waals surface area contributed by atoms with Gasteiger partial charge in [-0.2, -0.15) is 0 Å². The molecule has 0 saturated heterocycles. The van der Waals surface area contributed by atoms with Crippen LogP contribution in [0.4, 0.5) is 0 Å². The largest absolute Gasteiger partial charge is 0.496 e. The summed E-state index contributed by atoms with van der Waals surface area (Å²) in [5.74, 6) is 2.44. The molecule has 1 aromatic rings. The van der Waals surface area contributed by atoms with E-state index in [1.165, 1.54) is 11.1 Å². The quantitative estimate of drug-likeness (QED) is 0.306. The first kappa shape index (κ1) is 22.1. The van der Waals surface area contributed by atoms with Crippen LogP contribution in [0, 0.1) is 6.92 Å². The molecule has 1 aliphatic rings. The number of thiophene rings is 1. The van der Waals surface area contributed by atoms with Gasteiger partial charge in [-0.3, -0.25) is 0 Å². The standard InChI is InChI=1S/C24H28O2S2/c1-8-10-11-21-14-27-24(16(21)3)19(6)26-13-20(9-2)12-22-15-28-23(17(22)4)18(5)25-7/h8-12,15,24H,1-2,5-6,13-14H2,3-4,7H3/b11-10-,20-12+. The third kappa shape index (κ3) is 5.21. The Morgan fingerprint density at radius 1 is 1.29 bits per heavy atom. The monoisotopic (exact) mass is 412 g/mol. The zero-order valence-electron chi connectivity index (χ0n) is 16.9. The van der Waals surface area contributed by atoms with Crippen molar-refractivity contribution in [2.24, 2.45) is 0 Å². The molecule has 0 bridgehead atoms. The van der Waals surface area contributed by atoms with E-state index < -0.39 is 0 Å². The van der Waals surface area contributed by atoms with Crippen LogP contribution >= 0.6 is 23.1 Å². The summed E-state index contributed by atoms with van der Waals surface area (Å²) in [5, 5.41) is 2.29. The number of ether oxygens (including phenoxy) is 2. The van der Waals surface area contributed by atoms with Crippen LogP contribution in [0.2, 0.25) is 0 Å². The lowest BCUT2D eigenvalue weighted by atomic mass is 10.1. The molecule has 0 N–H and O–H groups in total. The zero-order chi connectivity index (χ0) is 20.7. The first-order valence-corrected chi connectivity index (χ1v) is 10.9. The third-order valence-electron chi connectivity index (χ3n) is 4.64. The van der Waals surface area contributed by atoms with Gasteiger partial charge in [-0.15, -0.1) is 23.1 Å². The second kappa shape index (κ2) is 10.4. The molecule has 148 valence electrons. The van der Waals surface area contributed by atoms with E-state index in [1.807, 2.05) is 23.9 Å². The minimum Gasteiger partial charge on any atom is -0.496 e. The normalized spacial score (nSPS) is 17.1. The molecular weight excluding hydrogens is 384 g/mol. The van der Waals surface area contributed by atoms with Crippen LogP contribution in [0.3, 0.4) is 0 Å². The topological polar surface area (TPSA) is 18.5 Å². The van der Waals surface area contributed by atoms with Crippen LogP contribution in [0.15, 0.2) is 78.5 Å². The molecule has 4 heteroatoms. The van der Waals surface area contributed by atoms with Gasteiger partial charge in [-0.05, 0) is 53.1 Å². The minimum atomic E-state index is 0.190. The summed E-state index contributed by atoms with van der Waals surface area (Å²) in [6, 6.07) is 0. The van der Waals surface area contributed by atoms with Crippen molar-refractivity contribution >= 4 is 34.9 Å². The van der Waals surface area contributed by atoms with E-state index in [4.69, 9.17) is 9.47 Å².